The summed E-state index contributed by atoms with van der Waals surface area (Å²) in [6, 6.07) is 20.2. The highest BCUT2D eigenvalue weighted by molar-refractivity contribution is 7.90. The largest absolute Gasteiger partial charge is 0.304 e. The van der Waals surface area contributed by atoms with E-state index in [0.717, 1.165) is 12.3 Å². The zero-order valence-electron chi connectivity index (χ0n) is 15.5. The summed E-state index contributed by atoms with van der Waals surface area (Å²) >= 11 is 0. The molecule has 0 saturated carbocycles. The Hall–Kier alpha value is -3.50. The molecule has 1 amide bonds. The van der Waals surface area contributed by atoms with E-state index in [1.165, 1.54) is 29.2 Å². The lowest BCUT2D eigenvalue weighted by molar-refractivity contribution is 0.0985. The minimum absolute atomic E-state index is 0.0755. The Balaban J connectivity index is 2.03. The molecule has 29 heavy (non-hydrogen) atoms. The molecule has 0 radical (unpaired) electrons. The van der Waals surface area contributed by atoms with Crippen molar-refractivity contribution in [2.75, 3.05) is 11.2 Å². The van der Waals surface area contributed by atoms with Crippen LogP contribution in [0.2, 0.25) is 0 Å². The van der Waals surface area contributed by atoms with Crippen molar-refractivity contribution in [3.8, 4) is 6.07 Å². The third-order valence-electron chi connectivity index (χ3n) is 4.28. The second-order valence-corrected chi connectivity index (χ2v) is 8.50. The number of nitrogens with zero attached hydrogens (tertiary/aromatic N) is 2. The predicted molar refractivity (Wildman–Crippen MR) is 108 cm³/mol. The van der Waals surface area contributed by atoms with Crippen molar-refractivity contribution >= 4 is 21.4 Å². The van der Waals surface area contributed by atoms with Crippen LogP contribution < -0.4 is 4.90 Å². The van der Waals surface area contributed by atoms with Crippen LogP contribution in [0.5, 0.6) is 0 Å². The van der Waals surface area contributed by atoms with E-state index < -0.39 is 15.7 Å². The molecule has 7 heteroatoms. The van der Waals surface area contributed by atoms with Crippen LogP contribution in [0.25, 0.3) is 0 Å². The second kappa shape index (κ2) is 8.25. The number of carbonyl (C=O) groups excluding carboxylic acids is 1. The van der Waals surface area contributed by atoms with Gasteiger partial charge in [0.15, 0.2) is 9.84 Å². The molecule has 0 aliphatic heterocycles. The normalized spacial score (nSPS) is 10.9. The molecule has 0 spiro atoms. The van der Waals surface area contributed by atoms with E-state index in [1.807, 2.05) is 6.07 Å². The van der Waals surface area contributed by atoms with Crippen molar-refractivity contribution in [2.24, 2.45) is 0 Å². The molecule has 0 saturated heterocycles. The number of hydrogen-bond acceptors (Lipinski definition) is 4. The highest BCUT2D eigenvalue weighted by Crippen LogP contribution is 2.24. The van der Waals surface area contributed by atoms with Crippen molar-refractivity contribution < 1.29 is 17.6 Å². The maximum atomic E-state index is 14.0. The van der Waals surface area contributed by atoms with Crippen LogP contribution >= 0.6 is 0 Å². The van der Waals surface area contributed by atoms with Crippen LogP contribution in [0.3, 0.4) is 0 Å². The van der Waals surface area contributed by atoms with Crippen molar-refractivity contribution in [3.05, 3.63) is 95.3 Å². The van der Waals surface area contributed by atoms with Crippen molar-refractivity contribution in [1.29, 1.82) is 5.26 Å². The first-order valence-electron chi connectivity index (χ1n) is 8.64. The van der Waals surface area contributed by atoms with E-state index in [9.17, 15) is 17.6 Å². The number of benzene rings is 3. The molecule has 5 nitrogen and oxygen atoms in total. The van der Waals surface area contributed by atoms with Gasteiger partial charge in [-0.1, -0.05) is 30.3 Å². The molecule has 0 unspecified atom stereocenters. The summed E-state index contributed by atoms with van der Waals surface area (Å²) in [7, 11) is -3.34. The third-order valence-corrected chi connectivity index (χ3v) is 5.41. The molecule has 3 aromatic rings. The molecular formula is C22H17FN2O3S. The smallest absolute Gasteiger partial charge is 0.258 e. The number of halogens is 1. The van der Waals surface area contributed by atoms with Gasteiger partial charge in [-0.15, -0.1) is 0 Å². The molecule has 0 aromatic heterocycles. The summed E-state index contributed by atoms with van der Waals surface area (Å²) in [5, 5.41) is 9.14. The molecule has 0 aliphatic carbocycles. The van der Waals surface area contributed by atoms with Gasteiger partial charge in [-0.05, 0) is 48.0 Å². The van der Waals surface area contributed by atoms with E-state index in [0.29, 0.717) is 11.1 Å². The van der Waals surface area contributed by atoms with Gasteiger partial charge in [-0.25, -0.2) is 12.8 Å². The Kier molecular flexibility index (Phi) is 5.76. The molecule has 0 fully saturated rings. The van der Waals surface area contributed by atoms with Gasteiger partial charge in [0.1, 0.15) is 5.82 Å². The quantitative estimate of drug-likeness (QED) is 0.640. The van der Waals surface area contributed by atoms with E-state index >= 15 is 0 Å². The van der Waals surface area contributed by atoms with Crippen LogP contribution in [-0.2, 0) is 16.4 Å². The number of hydrogen-bond donors (Lipinski definition) is 0. The SMILES string of the molecule is CS(=O)(=O)c1ccc(CN(C(=O)c2ccccc2)c2cc(F)cc(C#N)c2)cc1. The summed E-state index contributed by atoms with van der Waals surface area (Å²) in [5.74, 6) is -0.996. The van der Waals surface area contributed by atoms with E-state index in [1.54, 1.807) is 42.5 Å². The van der Waals surface area contributed by atoms with Crippen LogP contribution in [0.1, 0.15) is 21.5 Å². The van der Waals surface area contributed by atoms with Crippen LogP contribution in [0.4, 0.5) is 10.1 Å². The number of anilines is 1. The van der Waals surface area contributed by atoms with Gasteiger partial charge >= 0.3 is 0 Å². The standard InChI is InChI=1S/C22H17FN2O3S/c1-29(27,28)21-9-7-16(8-10-21)15-25(22(26)18-5-3-2-4-6-18)20-12-17(14-24)11-19(23)13-20/h2-13H,15H2,1H3. The monoisotopic (exact) mass is 408 g/mol. The summed E-state index contributed by atoms with van der Waals surface area (Å²) in [4.78, 5) is 14.6. The number of sulfone groups is 1. The van der Waals surface area contributed by atoms with E-state index in [-0.39, 0.29) is 28.6 Å². The highest BCUT2D eigenvalue weighted by atomic mass is 32.2. The van der Waals surface area contributed by atoms with E-state index in [4.69, 9.17) is 5.26 Å². The minimum Gasteiger partial charge on any atom is -0.304 e. The fourth-order valence-corrected chi connectivity index (χ4v) is 3.47. The Bertz CT molecular complexity index is 1180. The van der Waals surface area contributed by atoms with Gasteiger partial charge in [0.25, 0.3) is 5.91 Å². The highest BCUT2D eigenvalue weighted by Gasteiger charge is 2.20. The van der Waals surface area contributed by atoms with E-state index in [2.05, 4.69) is 0 Å². The number of carbonyl (C=O) groups is 1. The van der Waals surface area contributed by atoms with Gasteiger partial charge in [-0.3, -0.25) is 4.79 Å². The van der Waals surface area contributed by atoms with Gasteiger partial charge in [-0.2, -0.15) is 5.26 Å². The fourth-order valence-electron chi connectivity index (χ4n) is 2.84. The minimum atomic E-state index is -3.34. The van der Waals surface area contributed by atoms with Crippen LogP contribution in [0.15, 0.2) is 77.7 Å². The maximum Gasteiger partial charge on any atom is 0.258 e. The summed E-state index contributed by atoms with van der Waals surface area (Å²) < 4.78 is 37.3. The van der Waals surface area contributed by atoms with Crippen LogP contribution in [-0.4, -0.2) is 20.6 Å². The first-order chi connectivity index (χ1) is 13.8. The second-order valence-electron chi connectivity index (χ2n) is 6.48. The zero-order chi connectivity index (χ0) is 21.0. The average molecular weight is 408 g/mol. The number of rotatable bonds is 5. The number of amides is 1. The first kappa shape index (κ1) is 20.2. The summed E-state index contributed by atoms with van der Waals surface area (Å²) in [5.41, 5.74) is 1.40. The topological polar surface area (TPSA) is 78.2 Å². The molecule has 0 aliphatic rings. The molecule has 3 rings (SSSR count). The molecule has 0 atom stereocenters. The van der Waals surface area contributed by atoms with Crippen molar-refractivity contribution in [2.45, 2.75) is 11.4 Å². The van der Waals surface area contributed by atoms with Crippen molar-refractivity contribution in [3.63, 3.8) is 0 Å². The Morgan fingerprint density at radius 3 is 2.28 bits per heavy atom. The molecule has 0 heterocycles. The molecule has 146 valence electrons. The number of nitriles is 1. The lowest BCUT2D eigenvalue weighted by Gasteiger charge is -2.23. The van der Waals surface area contributed by atoms with Crippen molar-refractivity contribution in [1.82, 2.24) is 0 Å². The predicted octanol–water partition coefficient (Wildman–Crippen LogP) is 3.95. The maximum absolute atomic E-state index is 14.0. The summed E-state index contributed by atoms with van der Waals surface area (Å²) in [6.45, 7) is 0.0755. The zero-order valence-corrected chi connectivity index (χ0v) is 16.4. The van der Waals surface area contributed by atoms with Gasteiger partial charge in [0.2, 0.25) is 0 Å². The van der Waals surface area contributed by atoms with Crippen LogP contribution in [0, 0.1) is 17.1 Å². The lowest BCUT2D eigenvalue weighted by atomic mass is 10.1. The summed E-state index contributed by atoms with van der Waals surface area (Å²) in [6.07, 6.45) is 1.11. The molecule has 3 aromatic carbocycles. The molecular weight excluding hydrogens is 391 g/mol. The Morgan fingerprint density at radius 2 is 1.69 bits per heavy atom. The Morgan fingerprint density at radius 1 is 1.03 bits per heavy atom. The Labute approximate surface area is 168 Å². The van der Waals surface area contributed by atoms with Gasteiger partial charge < -0.3 is 4.90 Å². The molecule has 0 N–H and O–H groups in total. The fraction of sp³-hybridized carbons (Fsp3) is 0.0909. The third kappa shape index (κ3) is 4.86. The molecule has 0 bridgehead atoms. The van der Waals surface area contributed by atoms with Gasteiger partial charge in [0.05, 0.1) is 23.1 Å². The first-order valence-corrected chi connectivity index (χ1v) is 10.5. The lowest BCUT2D eigenvalue weighted by Crippen LogP contribution is -2.30. The van der Waals surface area contributed by atoms with Gasteiger partial charge in [0, 0.05) is 17.5 Å². The average Bonchev–Trinajstić information content (AvgIpc) is 2.71.